The van der Waals surface area contributed by atoms with Gasteiger partial charge < -0.3 is 5.11 Å². The highest BCUT2D eigenvalue weighted by Gasteiger charge is 2.04. The summed E-state index contributed by atoms with van der Waals surface area (Å²) in [6.45, 7) is 1.86. The van der Waals surface area contributed by atoms with Gasteiger partial charge in [-0.3, -0.25) is 0 Å². The molecule has 0 radical (unpaired) electrons. The number of aromatic carboxylic acids is 1. The minimum atomic E-state index is -1.11. The lowest BCUT2D eigenvalue weighted by Gasteiger charge is -2.00. The van der Waals surface area contributed by atoms with Crippen LogP contribution < -0.4 is 0 Å². The zero-order chi connectivity index (χ0) is 13.8. The van der Waals surface area contributed by atoms with Gasteiger partial charge in [-0.2, -0.15) is 0 Å². The van der Waals surface area contributed by atoms with Crippen LogP contribution in [0.4, 0.5) is 4.39 Å². The summed E-state index contributed by atoms with van der Waals surface area (Å²) in [5, 5.41) is 8.81. The molecule has 1 N–H and O–H groups in total. The Balaban J connectivity index is 2.30. The Morgan fingerprint density at radius 1 is 1.26 bits per heavy atom. The van der Waals surface area contributed by atoms with Gasteiger partial charge >= 0.3 is 5.97 Å². The van der Waals surface area contributed by atoms with Crippen molar-refractivity contribution in [1.29, 1.82) is 0 Å². The van der Waals surface area contributed by atoms with E-state index in [2.05, 4.69) is 9.97 Å². The van der Waals surface area contributed by atoms with Gasteiger partial charge in [0.1, 0.15) is 12.1 Å². The number of rotatable bonds is 3. The molecular weight excluding hydrogens is 247 g/mol. The Morgan fingerprint density at radius 3 is 2.79 bits per heavy atom. The van der Waals surface area contributed by atoms with Crippen LogP contribution in [-0.2, 0) is 0 Å². The lowest BCUT2D eigenvalue weighted by molar-refractivity contribution is 0.0690. The number of hydrogen-bond donors (Lipinski definition) is 1. The highest BCUT2D eigenvalue weighted by molar-refractivity contribution is 5.86. The molecular formula is C14H11FN2O2. The number of nitrogens with zero attached hydrogens (tertiary/aromatic N) is 2. The molecule has 2 rings (SSSR count). The number of carboxylic acid groups (broad SMARTS) is 1. The quantitative estimate of drug-likeness (QED) is 0.919. The molecule has 96 valence electrons. The third-order valence-electron chi connectivity index (χ3n) is 2.58. The van der Waals surface area contributed by atoms with Crippen molar-refractivity contribution in [2.45, 2.75) is 6.92 Å². The van der Waals surface area contributed by atoms with E-state index >= 15 is 0 Å². The van der Waals surface area contributed by atoms with Crippen molar-refractivity contribution in [3.8, 4) is 0 Å². The molecule has 0 atom stereocenters. The Labute approximate surface area is 109 Å². The van der Waals surface area contributed by atoms with E-state index in [4.69, 9.17) is 5.11 Å². The molecule has 19 heavy (non-hydrogen) atoms. The molecule has 0 amide bonds. The Kier molecular flexibility index (Phi) is 3.66. The van der Waals surface area contributed by atoms with Crippen molar-refractivity contribution in [1.82, 2.24) is 9.97 Å². The fourth-order valence-corrected chi connectivity index (χ4v) is 1.55. The fraction of sp³-hybridized carbons (Fsp3) is 0.0714. The zero-order valence-electron chi connectivity index (χ0n) is 10.2. The molecule has 1 heterocycles. The average molecular weight is 258 g/mol. The number of halogens is 1. The second kappa shape index (κ2) is 5.39. The first kappa shape index (κ1) is 12.9. The van der Waals surface area contributed by atoms with Crippen molar-refractivity contribution >= 4 is 18.1 Å². The monoisotopic (exact) mass is 258 g/mol. The van der Waals surface area contributed by atoms with Gasteiger partial charge in [0.05, 0.1) is 5.69 Å². The third kappa shape index (κ3) is 3.22. The molecule has 0 aliphatic heterocycles. The van der Waals surface area contributed by atoms with Gasteiger partial charge in [-0.15, -0.1) is 0 Å². The van der Waals surface area contributed by atoms with Gasteiger partial charge in [-0.1, -0.05) is 12.1 Å². The fourth-order valence-electron chi connectivity index (χ4n) is 1.55. The predicted molar refractivity (Wildman–Crippen MR) is 69.1 cm³/mol. The van der Waals surface area contributed by atoms with Crippen LogP contribution >= 0.6 is 0 Å². The summed E-state index contributed by atoms with van der Waals surface area (Å²) in [5.74, 6) is -1.43. The van der Waals surface area contributed by atoms with E-state index < -0.39 is 5.97 Å². The Morgan fingerprint density at radius 2 is 2.05 bits per heavy atom. The molecule has 0 aliphatic rings. The highest BCUT2D eigenvalue weighted by Crippen LogP contribution is 2.13. The standard InChI is InChI=1S/C14H11FN2O2/c1-9-2-4-11(15)6-10(9)3-5-12-7-13(14(18)19)17-8-16-12/h2-8H,1H3,(H,18,19)/b5-3+. The number of carbonyl (C=O) groups is 1. The van der Waals surface area contributed by atoms with Crippen LogP contribution in [0.25, 0.3) is 12.2 Å². The number of aryl methyl sites for hydroxylation is 1. The smallest absolute Gasteiger partial charge is 0.354 e. The summed E-state index contributed by atoms with van der Waals surface area (Å²) >= 11 is 0. The van der Waals surface area contributed by atoms with Crippen LogP contribution in [0.15, 0.2) is 30.6 Å². The van der Waals surface area contributed by atoms with Gasteiger partial charge in [-0.05, 0) is 42.3 Å². The van der Waals surface area contributed by atoms with Crippen molar-refractivity contribution in [3.05, 3.63) is 58.9 Å². The van der Waals surface area contributed by atoms with Gasteiger partial charge in [0, 0.05) is 0 Å². The molecule has 4 nitrogen and oxygen atoms in total. The van der Waals surface area contributed by atoms with Crippen LogP contribution in [0, 0.1) is 12.7 Å². The maximum Gasteiger partial charge on any atom is 0.354 e. The molecule has 0 saturated carbocycles. The minimum Gasteiger partial charge on any atom is -0.477 e. The summed E-state index contributed by atoms with van der Waals surface area (Å²) in [7, 11) is 0. The molecule has 0 spiro atoms. The maximum absolute atomic E-state index is 13.1. The first-order valence-corrected chi connectivity index (χ1v) is 5.56. The van der Waals surface area contributed by atoms with Crippen LogP contribution in [0.1, 0.15) is 27.3 Å². The van der Waals surface area contributed by atoms with E-state index in [1.165, 1.54) is 24.5 Å². The average Bonchev–Trinajstić information content (AvgIpc) is 2.40. The van der Waals surface area contributed by atoms with Crippen molar-refractivity contribution in [2.75, 3.05) is 0 Å². The normalized spacial score (nSPS) is 10.8. The zero-order valence-corrected chi connectivity index (χ0v) is 10.2. The lowest BCUT2D eigenvalue weighted by atomic mass is 10.1. The van der Waals surface area contributed by atoms with E-state index in [1.54, 1.807) is 18.2 Å². The summed E-state index contributed by atoms with van der Waals surface area (Å²) in [6, 6.07) is 5.83. The maximum atomic E-state index is 13.1. The summed E-state index contributed by atoms with van der Waals surface area (Å²) in [5.41, 5.74) is 2.02. The van der Waals surface area contributed by atoms with Gasteiger partial charge in [0.15, 0.2) is 5.69 Å². The summed E-state index contributed by atoms with van der Waals surface area (Å²) in [6.07, 6.45) is 4.49. The Bertz CT molecular complexity index is 654. The van der Waals surface area contributed by atoms with Crippen molar-refractivity contribution < 1.29 is 14.3 Å². The molecule has 1 aromatic heterocycles. The molecule has 2 aromatic rings. The van der Waals surface area contributed by atoms with Crippen LogP contribution in [0.5, 0.6) is 0 Å². The van der Waals surface area contributed by atoms with Crippen LogP contribution in [0.2, 0.25) is 0 Å². The van der Waals surface area contributed by atoms with Gasteiger partial charge in [0.25, 0.3) is 0 Å². The third-order valence-corrected chi connectivity index (χ3v) is 2.58. The highest BCUT2D eigenvalue weighted by atomic mass is 19.1. The molecule has 0 fully saturated rings. The van der Waals surface area contributed by atoms with E-state index in [0.29, 0.717) is 5.69 Å². The van der Waals surface area contributed by atoms with Crippen molar-refractivity contribution in [3.63, 3.8) is 0 Å². The lowest BCUT2D eigenvalue weighted by Crippen LogP contribution is -2.00. The van der Waals surface area contributed by atoms with Crippen LogP contribution in [0.3, 0.4) is 0 Å². The molecule has 5 heteroatoms. The molecule has 1 aromatic carbocycles. The second-order valence-electron chi connectivity index (χ2n) is 3.97. The van der Waals surface area contributed by atoms with E-state index in [9.17, 15) is 9.18 Å². The first-order valence-electron chi connectivity index (χ1n) is 5.56. The SMILES string of the molecule is Cc1ccc(F)cc1/C=C/c1cc(C(=O)O)ncn1. The largest absolute Gasteiger partial charge is 0.477 e. The first-order chi connectivity index (χ1) is 9.06. The van der Waals surface area contributed by atoms with E-state index in [0.717, 1.165) is 11.1 Å². The second-order valence-corrected chi connectivity index (χ2v) is 3.97. The molecule has 0 bridgehead atoms. The van der Waals surface area contributed by atoms with E-state index in [-0.39, 0.29) is 11.5 Å². The number of hydrogen-bond acceptors (Lipinski definition) is 3. The number of aromatic nitrogens is 2. The van der Waals surface area contributed by atoms with Crippen LogP contribution in [-0.4, -0.2) is 21.0 Å². The number of benzene rings is 1. The minimum absolute atomic E-state index is 0.0781. The topological polar surface area (TPSA) is 63.1 Å². The van der Waals surface area contributed by atoms with Gasteiger partial charge in [-0.25, -0.2) is 19.2 Å². The summed E-state index contributed by atoms with van der Waals surface area (Å²) < 4.78 is 13.1. The Hall–Kier alpha value is -2.56. The van der Waals surface area contributed by atoms with Crippen molar-refractivity contribution in [2.24, 2.45) is 0 Å². The number of carboxylic acids is 1. The summed E-state index contributed by atoms with van der Waals surface area (Å²) in [4.78, 5) is 18.3. The molecule has 0 saturated heterocycles. The molecule has 0 aliphatic carbocycles. The van der Waals surface area contributed by atoms with Gasteiger partial charge in [0.2, 0.25) is 0 Å². The van der Waals surface area contributed by atoms with E-state index in [1.807, 2.05) is 6.92 Å². The predicted octanol–water partition coefficient (Wildman–Crippen LogP) is 2.79. The molecule has 0 unspecified atom stereocenters.